The number of rotatable bonds is 8. The summed E-state index contributed by atoms with van der Waals surface area (Å²) >= 11 is 2.81. The predicted octanol–water partition coefficient (Wildman–Crippen LogP) is 2.88. The van der Waals surface area contributed by atoms with E-state index in [1.54, 1.807) is 4.57 Å². The first kappa shape index (κ1) is 21.8. The number of carbonyl (C=O) groups is 2. The number of hydrogen-bond donors (Lipinski definition) is 1. The molecule has 2 aromatic heterocycles. The minimum atomic E-state index is -0.0917. The number of aryl methyl sites for hydroxylation is 2. The Morgan fingerprint density at radius 1 is 1.31 bits per heavy atom. The average molecular weight is 437 g/mol. The van der Waals surface area contributed by atoms with Crippen LogP contribution in [0.4, 0.5) is 0 Å². The lowest BCUT2D eigenvalue weighted by molar-refractivity contribution is -0.127. The summed E-state index contributed by atoms with van der Waals surface area (Å²) in [7, 11) is 0. The lowest BCUT2D eigenvalue weighted by Crippen LogP contribution is -2.31. The molecular weight excluding hydrogens is 408 g/mol. The van der Waals surface area contributed by atoms with Crippen molar-refractivity contribution in [1.82, 2.24) is 19.8 Å². The maximum atomic E-state index is 13.0. The zero-order valence-corrected chi connectivity index (χ0v) is 19.0. The number of carbonyl (C=O) groups excluding carboxylic acids is 2. The Hall–Kier alpha value is -1.87. The Balaban J connectivity index is 1.60. The van der Waals surface area contributed by atoms with Crippen molar-refractivity contribution in [1.29, 1.82) is 0 Å². The number of amides is 2. The zero-order chi connectivity index (χ0) is 21.1. The van der Waals surface area contributed by atoms with Gasteiger partial charge in [0.25, 0.3) is 5.56 Å². The molecule has 9 heteroatoms. The van der Waals surface area contributed by atoms with Gasteiger partial charge in [-0.25, -0.2) is 4.98 Å². The number of likely N-dealkylation sites (tertiary alicyclic amines) is 1. The lowest BCUT2D eigenvalue weighted by atomic mass is 10.2. The van der Waals surface area contributed by atoms with E-state index >= 15 is 0 Å². The van der Waals surface area contributed by atoms with E-state index < -0.39 is 0 Å². The summed E-state index contributed by atoms with van der Waals surface area (Å²) in [6.45, 7) is 9.91. The molecule has 0 radical (unpaired) electrons. The van der Waals surface area contributed by atoms with E-state index in [0.717, 1.165) is 34.7 Å². The molecular formula is C20H28N4O3S2. The molecule has 29 heavy (non-hydrogen) atoms. The van der Waals surface area contributed by atoms with Crippen LogP contribution in [-0.2, 0) is 9.59 Å². The van der Waals surface area contributed by atoms with Crippen LogP contribution in [0.25, 0.3) is 10.2 Å². The van der Waals surface area contributed by atoms with Gasteiger partial charge in [-0.3, -0.25) is 19.0 Å². The SMILES string of the molecule is Cc1sc2nc(SCC(=O)NCCCN3CCCC3=O)n(C(C)C)c(=O)c2c1C. The largest absolute Gasteiger partial charge is 0.355 e. The number of hydrogen-bond acceptors (Lipinski definition) is 6. The summed E-state index contributed by atoms with van der Waals surface area (Å²) in [5.74, 6) is 0.321. The summed E-state index contributed by atoms with van der Waals surface area (Å²) in [5.41, 5.74) is 0.952. The summed E-state index contributed by atoms with van der Waals surface area (Å²) in [6.07, 6.45) is 2.32. The van der Waals surface area contributed by atoms with Gasteiger partial charge in [-0.05, 0) is 46.1 Å². The van der Waals surface area contributed by atoms with Crippen LogP contribution in [0.15, 0.2) is 9.95 Å². The van der Waals surface area contributed by atoms with Crippen LogP contribution in [0.1, 0.15) is 49.6 Å². The number of aromatic nitrogens is 2. The van der Waals surface area contributed by atoms with Crippen LogP contribution >= 0.6 is 23.1 Å². The first-order valence-corrected chi connectivity index (χ1v) is 11.8. The second kappa shape index (κ2) is 9.30. The van der Waals surface area contributed by atoms with E-state index in [4.69, 9.17) is 0 Å². The third-order valence-corrected chi connectivity index (χ3v) is 7.20. The molecule has 2 aromatic rings. The van der Waals surface area contributed by atoms with E-state index in [9.17, 15) is 14.4 Å². The number of thiophene rings is 1. The lowest BCUT2D eigenvalue weighted by Gasteiger charge is -2.16. The molecule has 0 unspecified atom stereocenters. The first-order chi connectivity index (χ1) is 13.8. The van der Waals surface area contributed by atoms with Gasteiger partial charge in [0.15, 0.2) is 5.16 Å². The fraction of sp³-hybridized carbons (Fsp3) is 0.600. The highest BCUT2D eigenvalue weighted by Crippen LogP contribution is 2.29. The Morgan fingerprint density at radius 3 is 2.72 bits per heavy atom. The molecule has 0 aromatic carbocycles. The fourth-order valence-corrected chi connectivity index (χ4v) is 5.49. The van der Waals surface area contributed by atoms with Gasteiger partial charge < -0.3 is 10.2 Å². The second-order valence-electron chi connectivity index (χ2n) is 7.60. The molecule has 0 aliphatic carbocycles. The van der Waals surface area contributed by atoms with Crippen molar-refractivity contribution in [2.75, 3.05) is 25.4 Å². The van der Waals surface area contributed by atoms with Gasteiger partial charge >= 0.3 is 0 Å². The van der Waals surface area contributed by atoms with E-state index in [2.05, 4.69) is 10.3 Å². The van der Waals surface area contributed by atoms with Gasteiger partial charge in [-0.1, -0.05) is 11.8 Å². The molecule has 1 fully saturated rings. The molecule has 2 amide bonds. The molecule has 3 rings (SSSR count). The highest BCUT2D eigenvalue weighted by Gasteiger charge is 2.20. The molecule has 1 aliphatic rings. The number of fused-ring (bicyclic) bond motifs is 1. The van der Waals surface area contributed by atoms with E-state index in [1.807, 2.05) is 32.6 Å². The topological polar surface area (TPSA) is 84.3 Å². The highest BCUT2D eigenvalue weighted by molar-refractivity contribution is 7.99. The summed E-state index contributed by atoms with van der Waals surface area (Å²) in [6, 6.07) is -0.0393. The molecule has 0 spiro atoms. The van der Waals surface area contributed by atoms with Crippen molar-refractivity contribution in [3.05, 3.63) is 20.8 Å². The molecule has 0 atom stereocenters. The highest BCUT2D eigenvalue weighted by atomic mass is 32.2. The molecule has 1 aliphatic heterocycles. The monoisotopic (exact) mass is 436 g/mol. The summed E-state index contributed by atoms with van der Waals surface area (Å²) in [4.78, 5) is 45.2. The summed E-state index contributed by atoms with van der Waals surface area (Å²) < 4.78 is 1.68. The van der Waals surface area contributed by atoms with Gasteiger partial charge in [-0.2, -0.15) is 0 Å². The third-order valence-electron chi connectivity index (χ3n) is 5.15. The number of thioether (sulfide) groups is 1. The van der Waals surface area contributed by atoms with Gasteiger partial charge in [0.1, 0.15) is 4.83 Å². The third kappa shape index (κ3) is 4.83. The second-order valence-corrected chi connectivity index (χ2v) is 9.75. The van der Waals surface area contributed by atoms with Crippen LogP contribution in [0.2, 0.25) is 0 Å². The van der Waals surface area contributed by atoms with Gasteiger partial charge in [-0.15, -0.1) is 11.3 Å². The molecule has 158 valence electrons. The molecule has 1 saturated heterocycles. The van der Waals surface area contributed by atoms with Crippen molar-refractivity contribution < 1.29 is 9.59 Å². The first-order valence-electron chi connectivity index (χ1n) is 9.99. The van der Waals surface area contributed by atoms with Crippen LogP contribution in [-0.4, -0.2) is 51.7 Å². The van der Waals surface area contributed by atoms with Crippen molar-refractivity contribution in [3.8, 4) is 0 Å². The molecule has 3 heterocycles. The van der Waals surface area contributed by atoms with Crippen LogP contribution in [0.5, 0.6) is 0 Å². The minimum Gasteiger partial charge on any atom is -0.355 e. The molecule has 0 saturated carbocycles. The smallest absolute Gasteiger partial charge is 0.263 e. The maximum absolute atomic E-state index is 13.0. The Kier molecular flexibility index (Phi) is 7.00. The van der Waals surface area contributed by atoms with E-state index in [1.165, 1.54) is 23.1 Å². The maximum Gasteiger partial charge on any atom is 0.263 e. The summed E-state index contributed by atoms with van der Waals surface area (Å²) in [5, 5.41) is 4.16. The van der Waals surface area contributed by atoms with Crippen molar-refractivity contribution in [3.63, 3.8) is 0 Å². The molecule has 0 bridgehead atoms. The minimum absolute atomic E-state index is 0.0370. The van der Waals surface area contributed by atoms with E-state index in [-0.39, 0.29) is 29.2 Å². The van der Waals surface area contributed by atoms with Gasteiger partial charge in [0.2, 0.25) is 11.8 Å². The van der Waals surface area contributed by atoms with Crippen molar-refractivity contribution >= 4 is 45.1 Å². The van der Waals surface area contributed by atoms with Gasteiger partial charge in [0.05, 0.1) is 11.1 Å². The fourth-order valence-electron chi connectivity index (χ4n) is 3.46. The van der Waals surface area contributed by atoms with Crippen LogP contribution < -0.4 is 10.9 Å². The quantitative estimate of drug-likeness (QED) is 0.391. The number of nitrogens with zero attached hydrogens (tertiary/aromatic N) is 3. The predicted molar refractivity (Wildman–Crippen MR) is 118 cm³/mol. The van der Waals surface area contributed by atoms with Crippen molar-refractivity contribution in [2.24, 2.45) is 0 Å². The standard InChI is InChI=1S/C20H28N4O3S2/c1-12(2)24-19(27)17-13(3)14(4)29-18(17)22-20(24)28-11-15(25)21-8-6-10-23-9-5-7-16(23)26/h12H,5-11H2,1-4H3,(H,21,25). The normalized spacial score (nSPS) is 14.4. The number of nitrogens with one attached hydrogen (secondary N) is 1. The Morgan fingerprint density at radius 2 is 2.07 bits per heavy atom. The molecule has 7 nitrogen and oxygen atoms in total. The Labute approximate surface area is 178 Å². The zero-order valence-electron chi connectivity index (χ0n) is 17.4. The van der Waals surface area contributed by atoms with Gasteiger partial charge in [0, 0.05) is 37.0 Å². The van der Waals surface area contributed by atoms with E-state index in [0.29, 0.717) is 30.1 Å². The Bertz CT molecular complexity index is 980. The van der Waals surface area contributed by atoms with Crippen molar-refractivity contribution in [2.45, 2.75) is 58.2 Å². The average Bonchev–Trinajstić information content (AvgIpc) is 3.19. The molecule has 1 N–H and O–H groups in total. The van der Waals surface area contributed by atoms with Crippen LogP contribution in [0, 0.1) is 13.8 Å². The van der Waals surface area contributed by atoms with Crippen LogP contribution in [0.3, 0.4) is 0 Å².